The van der Waals surface area contributed by atoms with Crippen LogP contribution in [0.1, 0.15) is 17.9 Å². The molecule has 30 heavy (non-hydrogen) atoms. The standard InChI is InChI=1S/C19H22N4O5S2/c1-23(2)30(25,26)14-7-8-15(27-3)13(11-14)6-9-17(24)20-12-18-21-19(22-28-18)16-5-4-10-29-16/h4-5,7-8,10-11H,6,9,12H2,1-3H3,(H,20,24). The highest BCUT2D eigenvalue weighted by Gasteiger charge is 2.19. The SMILES string of the molecule is COc1ccc(S(=O)(=O)N(C)C)cc1CCC(=O)NCc1nc(-c2cccs2)no1. The van der Waals surface area contributed by atoms with E-state index in [-0.39, 0.29) is 23.8 Å². The Kier molecular flexibility index (Phi) is 6.85. The Hall–Kier alpha value is -2.76. The van der Waals surface area contributed by atoms with Crippen molar-refractivity contribution in [3.05, 3.63) is 47.2 Å². The summed E-state index contributed by atoms with van der Waals surface area (Å²) >= 11 is 1.50. The molecule has 0 aliphatic heterocycles. The van der Waals surface area contributed by atoms with E-state index in [1.165, 1.54) is 44.7 Å². The lowest BCUT2D eigenvalue weighted by atomic mass is 10.1. The van der Waals surface area contributed by atoms with Gasteiger partial charge in [-0.3, -0.25) is 4.79 Å². The van der Waals surface area contributed by atoms with Gasteiger partial charge in [-0.25, -0.2) is 12.7 Å². The third-order valence-electron chi connectivity index (χ3n) is 4.30. The predicted molar refractivity (Wildman–Crippen MR) is 112 cm³/mol. The molecule has 3 rings (SSSR count). The fourth-order valence-corrected chi connectivity index (χ4v) is 4.27. The summed E-state index contributed by atoms with van der Waals surface area (Å²) in [7, 11) is 0.857. The summed E-state index contributed by atoms with van der Waals surface area (Å²) in [4.78, 5) is 17.5. The third-order valence-corrected chi connectivity index (χ3v) is 6.98. The van der Waals surface area contributed by atoms with Gasteiger partial charge in [0, 0.05) is 20.5 Å². The largest absolute Gasteiger partial charge is 0.496 e. The van der Waals surface area contributed by atoms with Crippen molar-refractivity contribution >= 4 is 27.3 Å². The van der Waals surface area contributed by atoms with Crippen molar-refractivity contribution in [2.24, 2.45) is 0 Å². The molecular weight excluding hydrogens is 428 g/mol. The zero-order valence-electron chi connectivity index (χ0n) is 16.8. The topological polar surface area (TPSA) is 115 Å². The number of aryl methyl sites for hydroxylation is 1. The van der Waals surface area contributed by atoms with Crippen LogP contribution in [0, 0.1) is 0 Å². The number of nitrogens with one attached hydrogen (secondary N) is 1. The van der Waals surface area contributed by atoms with Crippen LogP contribution < -0.4 is 10.1 Å². The minimum Gasteiger partial charge on any atom is -0.496 e. The molecule has 0 saturated carbocycles. The molecule has 0 bridgehead atoms. The maximum absolute atomic E-state index is 12.4. The van der Waals surface area contributed by atoms with Crippen LogP contribution in [-0.2, 0) is 27.8 Å². The molecule has 0 saturated heterocycles. The van der Waals surface area contributed by atoms with Gasteiger partial charge in [0.15, 0.2) is 0 Å². The molecule has 11 heteroatoms. The first-order chi connectivity index (χ1) is 14.3. The fraction of sp³-hybridized carbons (Fsp3) is 0.316. The van der Waals surface area contributed by atoms with E-state index in [0.717, 1.165) is 9.18 Å². The highest BCUT2D eigenvalue weighted by molar-refractivity contribution is 7.89. The summed E-state index contributed by atoms with van der Waals surface area (Å²) in [5.74, 6) is 1.09. The lowest BCUT2D eigenvalue weighted by Gasteiger charge is -2.14. The van der Waals surface area contributed by atoms with Crippen molar-refractivity contribution in [2.75, 3.05) is 21.2 Å². The second-order valence-corrected chi connectivity index (χ2v) is 9.63. The monoisotopic (exact) mass is 450 g/mol. The summed E-state index contributed by atoms with van der Waals surface area (Å²) in [6.45, 7) is 0.114. The summed E-state index contributed by atoms with van der Waals surface area (Å²) in [6.07, 6.45) is 0.462. The van der Waals surface area contributed by atoms with E-state index in [1.807, 2.05) is 17.5 Å². The quantitative estimate of drug-likeness (QED) is 0.532. The van der Waals surface area contributed by atoms with Gasteiger partial charge in [-0.15, -0.1) is 11.3 Å². The van der Waals surface area contributed by atoms with Crippen LogP contribution in [0.15, 0.2) is 45.1 Å². The van der Waals surface area contributed by atoms with Crippen LogP contribution in [0.2, 0.25) is 0 Å². The van der Waals surface area contributed by atoms with Crippen molar-refractivity contribution in [3.63, 3.8) is 0 Å². The molecule has 0 atom stereocenters. The van der Waals surface area contributed by atoms with Crippen molar-refractivity contribution in [1.29, 1.82) is 0 Å². The maximum atomic E-state index is 12.4. The number of methoxy groups -OCH3 is 1. The number of benzene rings is 1. The van der Waals surface area contributed by atoms with Crippen LogP contribution >= 0.6 is 11.3 Å². The van der Waals surface area contributed by atoms with Crippen LogP contribution in [0.4, 0.5) is 0 Å². The first-order valence-corrected chi connectivity index (χ1v) is 11.4. The van der Waals surface area contributed by atoms with Gasteiger partial charge in [-0.2, -0.15) is 4.98 Å². The lowest BCUT2D eigenvalue weighted by Crippen LogP contribution is -2.23. The van der Waals surface area contributed by atoms with Gasteiger partial charge in [0.05, 0.1) is 23.4 Å². The minimum absolute atomic E-state index is 0.114. The van der Waals surface area contributed by atoms with Crippen LogP contribution in [0.25, 0.3) is 10.7 Å². The maximum Gasteiger partial charge on any atom is 0.246 e. The molecular formula is C19H22N4O5S2. The second kappa shape index (κ2) is 9.37. The van der Waals surface area contributed by atoms with E-state index in [2.05, 4.69) is 15.5 Å². The molecule has 1 amide bonds. The zero-order chi connectivity index (χ0) is 21.7. The van der Waals surface area contributed by atoms with Crippen LogP contribution in [-0.4, -0.2) is 50.0 Å². The van der Waals surface area contributed by atoms with E-state index in [4.69, 9.17) is 9.26 Å². The van der Waals surface area contributed by atoms with Crippen molar-refractivity contribution < 1.29 is 22.5 Å². The molecule has 0 radical (unpaired) electrons. The number of hydrogen-bond acceptors (Lipinski definition) is 8. The molecule has 2 aromatic heterocycles. The first kappa shape index (κ1) is 21.9. The van der Waals surface area contributed by atoms with Crippen molar-refractivity contribution in [1.82, 2.24) is 19.8 Å². The number of rotatable bonds is 9. The second-order valence-electron chi connectivity index (χ2n) is 6.53. The van der Waals surface area contributed by atoms with Crippen LogP contribution in [0.5, 0.6) is 5.75 Å². The number of ether oxygens (including phenoxy) is 1. The molecule has 0 aliphatic rings. The van der Waals surface area contributed by atoms with Gasteiger partial charge in [-0.05, 0) is 41.6 Å². The number of sulfonamides is 1. The Bertz CT molecular complexity index is 1110. The average Bonchev–Trinajstić information content (AvgIpc) is 3.42. The van der Waals surface area contributed by atoms with E-state index in [0.29, 0.717) is 29.4 Å². The first-order valence-electron chi connectivity index (χ1n) is 9.04. The van der Waals surface area contributed by atoms with E-state index < -0.39 is 10.0 Å². The lowest BCUT2D eigenvalue weighted by molar-refractivity contribution is -0.121. The number of amides is 1. The highest BCUT2D eigenvalue weighted by atomic mass is 32.2. The molecule has 0 unspecified atom stereocenters. The fourth-order valence-electron chi connectivity index (χ4n) is 2.66. The van der Waals surface area contributed by atoms with Gasteiger partial charge < -0.3 is 14.6 Å². The number of carbonyl (C=O) groups excluding carboxylic acids is 1. The zero-order valence-corrected chi connectivity index (χ0v) is 18.4. The Morgan fingerprint density at radius 3 is 2.77 bits per heavy atom. The summed E-state index contributed by atoms with van der Waals surface area (Å²) in [5, 5.41) is 8.54. The van der Waals surface area contributed by atoms with Gasteiger partial charge in [0.2, 0.25) is 27.6 Å². The third kappa shape index (κ3) is 5.04. The smallest absolute Gasteiger partial charge is 0.246 e. The molecule has 0 fully saturated rings. The Balaban J connectivity index is 1.60. The normalized spacial score (nSPS) is 11.6. The molecule has 2 heterocycles. The Labute approximate surface area is 178 Å². The molecule has 3 aromatic rings. The Morgan fingerprint density at radius 1 is 1.30 bits per heavy atom. The molecule has 0 spiro atoms. The van der Waals surface area contributed by atoms with Gasteiger partial charge >= 0.3 is 0 Å². The summed E-state index contributed by atoms with van der Waals surface area (Å²) in [6, 6.07) is 8.39. The van der Waals surface area contributed by atoms with Gasteiger partial charge in [0.1, 0.15) is 5.75 Å². The minimum atomic E-state index is -3.58. The van der Waals surface area contributed by atoms with Crippen molar-refractivity contribution in [3.8, 4) is 16.5 Å². The summed E-state index contributed by atoms with van der Waals surface area (Å²) < 4.78 is 36.3. The number of carbonyl (C=O) groups is 1. The molecule has 9 nitrogen and oxygen atoms in total. The number of thiophene rings is 1. The number of hydrogen-bond donors (Lipinski definition) is 1. The number of nitrogens with zero attached hydrogens (tertiary/aromatic N) is 3. The van der Waals surface area contributed by atoms with Gasteiger partial charge in [-0.1, -0.05) is 11.2 Å². The molecule has 0 aliphatic carbocycles. The van der Waals surface area contributed by atoms with E-state index >= 15 is 0 Å². The number of aromatic nitrogens is 2. The molecule has 1 N–H and O–H groups in total. The van der Waals surface area contributed by atoms with Crippen molar-refractivity contribution in [2.45, 2.75) is 24.3 Å². The average molecular weight is 451 g/mol. The van der Waals surface area contributed by atoms with E-state index in [1.54, 1.807) is 6.07 Å². The molecule has 160 valence electrons. The van der Waals surface area contributed by atoms with Gasteiger partial charge in [0.25, 0.3) is 0 Å². The molecule has 1 aromatic carbocycles. The summed E-state index contributed by atoms with van der Waals surface area (Å²) in [5.41, 5.74) is 0.633. The highest BCUT2D eigenvalue weighted by Crippen LogP contribution is 2.25. The predicted octanol–water partition coefficient (Wildman–Crippen LogP) is 2.31. The Morgan fingerprint density at radius 2 is 2.10 bits per heavy atom. The van der Waals surface area contributed by atoms with Crippen LogP contribution in [0.3, 0.4) is 0 Å². The van der Waals surface area contributed by atoms with E-state index in [9.17, 15) is 13.2 Å².